The van der Waals surface area contributed by atoms with Crippen LogP contribution < -0.4 is 15.4 Å². The molecule has 2 amide bonds. The highest BCUT2D eigenvalue weighted by atomic mass is 19.1. The zero-order chi connectivity index (χ0) is 16.8. The molecule has 23 heavy (non-hydrogen) atoms. The van der Waals surface area contributed by atoms with Crippen LogP contribution in [0.2, 0.25) is 0 Å². The van der Waals surface area contributed by atoms with Gasteiger partial charge in [-0.1, -0.05) is 18.2 Å². The summed E-state index contributed by atoms with van der Waals surface area (Å²) < 4.78 is 32.4. The highest BCUT2D eigenvalue weighted by Gasteiger charge is 2.11. The highest BCUT2D eigenvalue weighted by molar-refractivity contribution is 5.89. The zero-order valence-electron chi connectivity index (χ0n) is 13.0. The molecule has 2 rings (SSSR count). The van der Waals surface area contributed by atoms with E-state index in [0.717, 1.165) is 29.0 Å². The highest BCUT2D eigenvalue weighted by Crippen LogP contribution is 2.20. The topological polar surface area (TPSA) is 50.4 Å². The molecule has 0 heterocycles. The van der Waals surface area contributed by atoms with Crippen LogP contribution in [0.4, 0.5) is 19.3 Å². The fourth-order valence-electron chi connectivity index (χ4n) is 1.98. The Hall–Kier alpha value is -2.63. The van der Waals surface area contributed by atoms with Crippen LogP contribution in [0.1, 0.15) is 11.1 Å². The van der Waals surface area contributed by atoms with E-state index in [9.17, 15) is 13.6 Å². The molecule has 6 heteroatoms. The summed E-state index contributed by atoms with van der Waals surface area (Å²) in [7, 11) is 0. The van der Waals surface area contributed by atoms with Crippen molar-refractivity contribution in [3.05, 3.63) is 59.2 Å². The van der Waals surface area contributed by atoms with Crippen molar-refractivity contribution in [2.75, 3.05) is 18.5 Å². The third kappa shape index (κ3) is 4.42. The third-order valence-electron chi connectivity index (χ3n) is 3.40. The van der Waals surface area contributed by atoms with E-state index in [4.69, 9.17) is 4.74 Å². The zero-order valence-corrected chi connectivity index (χ0v) is 13.0. The van der Waals surface area contributed by atoms with E-state index in [1.807, 2.05) is 32.0 Å². The number of carbonyl (C=O) groups is 1. The van der Waals surface area contributed by atoms with Gasteiger partial charge in [0.15, 0.2) is 0 Å². The summed E-state index contributed by atoms with van der Waals surface area (Å²) in [5.41, 5.74) is 1.68. The lowest BCUT2D eigenvalue weighted by Crippen LogP contribution is -2.32. The number of carbonyl (C=O) groups excluding carboxylic acids is 1. The van der Waals surface area contributed by atoms with Gasteiger partial charge in [0.25, 0.3) is 0 Å². The monoisotopic (exact) mass is 320 g/mol. The average molecular weight is 320 g/mol. The lowest BCUT2D eigenvalue weighted by atomic mass is 10.1. The van der Waals surface area contributed by atoms with Gasteiger partial charge in [0.1, 0.15) is 29.7 Å². The van der Waals surface area contributed by atoms with Gasteiger partial charge in [0.2, 0.25) is 0 Å². The summed E-state index contributed by atoms with van der Waals surface area (Å²) in [6.45, 7) is 4.38. The number of nitrogens with one attached hydrogen (secondary N) is 2. The van der Waals surface area contributed by atoms with E-state index in [2.05, 4.69) is 10.6 Å². The van der Waals surface area contributed by atoms with Crippen molar-refractivity contribution >= 4 is 11.7 Å². The van der Waals surface area contributed by atoms with E-state index < -0.39 is 23.4 Å². The fourth-order valence-corrected chi connectivity index (χ4v) is 1.98. The second-order valence-corrected chi connectivity index (χ2v) is 5.02. The summed E-state index contributed by atoms with van der Waals surface area (Å²) in [6, 6.07) is 8.39. The molecule has 0 aliphatic rings. The Morgan fingerprint density at radius 3 is 2.43 bits per heavy atom. The Bertz CT molecular complexity index is 685. The van der Waals surface area contributed by atoms with Gasteiger partial charge >= 0.3 is 6.03 Å². The Morgan fingerprint density at radius 2 is 1.74 bits per heavy atom. The molecule has 0 aliphatic heterocycles. The van der Waals surface area contributed by atoms with Gasteiger partial charge in [0, 0.05) is 0 Å². The summed E-state index contributed by atoms with van der Waals surface area (Å²) in [5.74, 6) is -0.911. The predicted octanol–water partition coefficient (Wildman–Crippen LogP) is 3.78. The summed E-state index contributed by atoms with van der Waals surface area (Å²) >= 11 is 0. The Kier molecular flexibility index (Phi) is 5.51. The number of halogens is 2. The third-order valence-corrected chi connectivity index (χ3v) is 3.40. The minimum atomic E-state index is -0.827. The first-order valence-electron chi connectivity index (χ1n) is 7.17. The van der Waals surface area contributed by atoms with Gasteiger partial charge in [-0.2, -0.15) is 0 Å². The summed E-state index contributed by atoms with van der Waals surface area (Å²) in [6.07, 6.45) is 0. The molecule has 2 N–H and O–H groups in total. The quantitative estimate of drug-likeness (QED) is 0.824. The Balaban J connectivity index is 1.80. The maximum absolute atomic E-state index is 13.4. The largest absolute Gasteiger partial charge is 0.491 e. The minimum Gasteiger partial charge on any atom is -0.491 e. The summed E-state index contributed by atoms with van der Waals surface area (Å²) in [5, 5.41) is 4.62. The van der Waals surface area contributed by atoms with Crippen molar-refractivity contribution in [2.24, 2.45) is 0 Å². The molecule has 4 nitrogen and oxygen atoms in total. The lowest BCUT2D eigenvalue weighted by Gasteiger charge is -2.12. The first-order chi connectivity index (χ1) is 11.0. The van der Waals surface area contributed by atoms with Crippen molar-refractivity contribution < 1.29 is 18.3 Å². The van der Waals surface area contributed by atoms with Crippen LogP contribution in [0.25, 0.3) is 0 Å². The van der Waals surface area contributed by atoms with Crippen LogP contribution in [-0.4, -0.2) is 19.2 Å². The van der Waals surface area contributed by atoms with E-state index in [1.54, 1.807) is 0 Å². The van der Waals surface area contributed by atoms with Gasteiger partial charge in [0.05, 0.1) is 6.54 Å². The SMILES string of the molecule is Cc1cccc(OCCNC(=O)Nc2c(F)cccc2F)c1C. The Morgan fingerprint density at radius 1 is 1.09 bits per heavy atom. The van der Waals surface area contributed by atoms with Gasteiger partial charge in [-0.3, -0.25) is 0 Å². The number of benzene rings is 2. The van der Waals surface area contributed by atoms with Gasteiger partial charge < -0.3 is 15.4 Å². The predicted molar refractivity (Wildman–Crippen MR) is 84.8 cm³/mol. The van der Waals surface area contributed by atoms with Crippen molar-refractivity contribution in [1.29, 1.82) is 0 Å². The van der Waals surface area contributed by atoms with Crippen LogP contribution in [0.15, 0.2) is 36.4 Å². The smallest absolute Gasteiger partial charge is 0.319 e. The van der Waals surface area contributed by atoms with E-state index in [1.165, 1.54) is 6.07 Å². The Labute approximate surface area is 133 Å². The lowest BCUT2D eigenvalue weighted by molar-refractivity contribution is 0.247. The van der Waals surface area contributed by atoms with Crippen LogP contribution in [-0.2, 0) is 0 Å². The summed E-state index contributed by atoms with van der Waals surface area (Å²) in [4.78, 5) is 11.6. The maximum atomic E-state index is 13.4. The molecule has 0 radical (unpaired) electrons. The second kappa shape index (κ2) is 7.58. The number of anilines is 1. The second-order valence-electron chi connectivity index (χ2n) is 5.02. The number of ether oxygens (including phenoxy) is 1. The molecule has 0 fully saturated rings. The molecule has 0 atom stereocenters. The number of hydrogen-bond donors (Lipinski definition) is 2. The van der Waals surface area contributed by atoms with Gasteiger partial charge in [-0.05, 0) is 43.2 Å². The molecule has 2 aromatic carbocycles. The molecule has 122 valence electrons. The average Bonchev–Trinajstić information content (AvgIpc) is 2.51. The number of amides is 2. The van der Waals surface area contributed by atoms with E-state index in [0.29, 0.717) is 0 Å². The molecule has 0 saturated carbocycles. The standard InChI is InChI=1S/C17H18F2N2O2/c1-11-5-3-8-15(12(11)2)23-10-9-20-17(22)21-16-13(18)6-4-7-14(16)19/h3-8H,9-10H2,1-2H3,(H2,20,21,22). The number of para-hydroxylation sites is 1. The fraction of sp³-hybridized carbons (Fsp3) is 0.235. The van der Waals surface area contributed by atoms with Crippen molar-refractivity contribution in [3.63, 3.8) is 0 Å². The molecule has 0 spiro atoms. The normalized spacial score (nSPS) is 10.3. The molecule has 0 aromatic heterocycles. The molecule has 0 aliphatic carbocycles. The first-order valence-corrected chi connectivity index (χ1v) is 7.17. The molecular formula is C17H18F2N2O2. The number of aryl methyl sites for hydroxylation is 1. The molecular weight excluding hydrogens is 302 g/mol. The van der Waals surface area contributed by atoms with Crippen LogP contribution in [0.3, 0.4) is 0 Å². The molecule has 0 unspecified atom stereocenters. The van der Waals surface area contributed by atoms with Crippen LogP contribution in [0, 0.1) is 25.5 Å². The van der Waals surface area contributed by atoms with Crippen molar-refractivity contribution in [1.82, 2.24) is 5.32 Å². The van der Waals surface area contributed by atoms with Crippen LogP contribution in [0.5, 0.6) is 5.75 Å². The van der Waals surface area contributed by atoms with E-state index >= 15 is 0 Å². The van der Waals surface area contributed by atoms with Gasteiger partial charge in [-0.25, -0.2) is 13.6 Å². The first kappa shape index (κ1) is 16.7. The van der Waals surface area contributed by atoms with Crippen molar-refractivity contribution in [3.8, 4) is 5.75 Å². The molecule has 2 aromatic rings. The van der Waals surface area contributed by atoms with E-state index in [-0.39, 0.29) is 13.2 Å². The van der Waals surface area contributed by atoms with Crippen molar-refractivity contribution in [2.45, 2.75) is 13.8 Å². The maximum Gasteiger partial charge on any atom is 0.319 e. The van der Waals surface area contributed by atoms with Gasteiger partial charge in [-0.15, -0.1) is 0 Å². The number of hydrogen-bond acceptors (Lipinski definition) is 2. The molecule has 0 bridgehead atoms. The number of urea groups is 1. The number of rotatable bonds is 5. The van der Waals surface area contributed by atoms with Crippen LogP contribution >= 0.6 is 0 Å². The molecule has 0 saturated heterocycles. The minimum absolute atomic E-state index is 0.204.